The van der Waals surface area contributed by atoms with Crippen LogP contribution in [0, 0.1) is 0 Å². The van der Waals surface area contributed by atoms with Gasteiger partial charge in [-0.2, -0.15) is 0 Å². The fourth-order valence-electron chi connectivity index (χ4n) is 3.99. The van der Waals surface area contributed by atoms with E-state index in [1.807, 2.05) is 24.3 Å². The van der Waals surface area contributed by atoms with Crippen LogP contribution in [0.15, 0.2) is 52.1 Å². The maximum Gasteiger partial charge on any atom is 0.163 e. The molecule has 1 fully saturated rings. The standard InChI is InChI=1S/C21H23NO6S/c23-10-15-13-29(25,26)20-12-27-19(21(15)20)7-4-14(18-3-1-2-8-22-18)9-16-5-6-17(11-24)28-16/h1-3,5-6,8-9,19-20,23-24H,4,7,10-13H2/b14-9-/t19-,20+/m1/s1. The summed E-state index contributed by atoms with van der Waals surface area (Å²) >= 11 is 0. The minimum absolute atomic E-state index is 0.0807. The number of aliphatic hydroxyl groups excluding tert-OH is 2. The molecule has 2 aliphatic rings. The molecule has 0 unspecified atom stereocenters. The molecule has 29 heavy (non-hydrogen) atoms. The number of pyridine rings is 1. The second-order valence-corrected chi connectivity index (χ2v) is 9.40. The highest BCUT2D eigenvalue weighted by Crippen LogP contribution is 2.39. The fraction of sp³-hybridized carbons (Fsp3) is 0.381. The lowest BCUT2D eigenvalue weighted by Gasteiger charge is -2.14. The predicted molar refractivity (Wildman–Crippen MR) is 107 cm³/mol. The second kappa shape index (κ2) is 8.23. The molecule has 0 aromatic carbocycles. The number of allylic oxidation sites excluding steroid dienone is 1. The van der Waals surface area contributed by atoms with Gasteiger partial charge in [-0.25, -0.2) is 8.42 Å². The molecule has 2 aromatic rings. The Labute approximate surface area is 169 Å². The quantitative estimate of drug-likeness (QED) is 0.663. The van der Waals surface area contributed by atoms with E-state index in [1.165, 1.54) is 0 Å². The molecule has 2 aromatic heterocycles. The van der Waals surface area contributed by atoms with Crippen LogP contribution in [-0.2, 0) is 21.2 Å². The normalized spacial score (nSPS) is 23.6. The van der Waals surface area contributed by atoms with E-state index in [-0.39, 0.29) is 31.7 Å². The maximum atomic E-state index is 12.3. The molecule has 0 aliphatic carbocycles. The third kappa shape index (κ3) is 4.06. The highest BCUT2D eigenvalue weighted by atomic mass is 32.2. The predicted octanol–water partition coefficient (Wildman–Crippen LogP) is 1.97. The number of rotatable bonds is 7. The lowest BCUT2D eigenvalue weighted by molar-refractivity contribution is 0.118. The number of fused-ring (bicyclic) bond motifs is 1. The summed E-state index contributed by atoms with van der Waals surface area (Å²) in [6.45, 7) is -0.284. The van der Waals surface area contributed by atoms with Gasteiger partial charge >= 0.3 is 0 Å². The lowest BCUT2D eigenvalue weighted by atomic mass is 9.96. The molecular weight excluding hydrogens is 394 g/mol. The molecule has 0 spiro atoms. The van der Waals surface area contributed by atoms with Crippen molar-refractivity contribution in [3.8, 4) is 0 Å². The maximum absolute atomic E-state index is 12.3. The number of nitrogens with zero attached hydrogens (tertiary/aromatic N) is 1. The number of hydrogen-bond acceptors (Lipinski definition) is 7. The van der Waals surface area contributed by atoms with Gasteiger partial charge in [0, 0.05) is 6.20 Å². The summed E-state index contributed by atoms with van der Waals surface area (Å²) < 4.78 is 36.0. The van der Waals surface area contributed by atoms with E-state index in [1.54, 1.807) is 18.3 Å². The second-order valence-electron chi connectivity index (χ2n) is 7.22. The van der Waals surface area contributed by atoms with E-state index in [9.17, 15) is 18.6 Å². The summed E-state index contributed by atoms with van der Waals surface area (Å²) in [6.07, 6.45) is 4.41. The molecule has 0 bridgehead atoms. The number of ether oxygens (including phenoxy) is 1. The van der Waals surface area contributed by atoms with Gasteiger partial charge in [-0.1, -0.05) is 6.07 Å². The Bertz CT molecular complexity index is 1040. The van der Waals surface area contributed by atoms with Crippen molar-refractivity contribution in [1.82, 2.24) is 4.98 Å². The first-order valence-electron chi connectivity index (χ1n) is 9.49. The van der Waals surface area contributed by atoms with Crippen LogP contribution < -0.4 is 0 Å². The van der Waals surface area contributed by atoms with Crippen molar-refractivity contribution in [2.24, 2.45) is 0 Å². The average Bonchev–Trinajstić information content (AvgIpc) is 3.42. The molecule has 0 saturated carbocycles. The Morgan fingerprint density at radius 1 is 1.21 bits per heavy atom. The van der Waals surface area contributed by atoms with E-state index in [4.69, 9.17) is 9.15 Å². The van der Waals surface area contributed by atoms with Crippen molar-refractivity contribution >= 4 is 21.5 Å². The molecule has 2 N–H and O–H groups in total. The number of aliphatic hydroxyl groups is 2. The molecule has 7 nitrogen and oxygen atoms in total. The van der Waals surface area contributed by atoms with Crippen LogP contribution in [0.25, 0.3) is 11.6 Å². The number of furan rings is 1. The Balaban J connectivity index is 1.58. The van der Waals surface area contributed by atoms with Gasteiger partial charge in [-0.15, -0.1) is 0 Å². The molecule has 8 heteroatoms. The van der Waals surface area contributed by atoms with Crippen LogP contribution in [0.3, 0.4) is 0 Å². The molecule has 0 amide bonds. The van der Waals surface area contributed by atoms with Crippen LogP contribution >= 0.6 is 0 Å². The minimum Gasteiger partial charge on any atom is -0.459 e. The van der Waals surface area contributed by atoms with Gasteiger partial charge in [0.15, 0.2) is 9.84 Å². The topological polar surface area (TPSA) is 110 Å². The highest BCUT2D eigenvalue weighted by molar-refractivity contribution is 7.92. The first-order chi connectivity index (χ1) is 14.0. The van der Waals surface area contributed by atoms with Crippen LogP contribution in [0.2, 0.25) is 0 Å². The van der Waals surface area contributed by atoms with Gasteiger partial charge in [-0.05, 0) is 59.9 Å². The van der Waals surface area contributed by atoms with Crippen molar-refractivity contribution in [3.63, 3.8) is 0 Å². The van der Waals surface area contributed by atoms with Crippen molar-refractivity contribution in [2.75, 3.05) is 19.0 Å². The summed E-state index contributed by atoms with van der Waals surface area (Å²) in [4.78, 5) is 4.42. The van der Waals surface area contributed by atoms with Crippen LogP contribution in [0.1, 0.15) is 30.1 Å². The Morgan fingerprint density at radius 3 is 2.76 bits per heavy atom. The first kappa shape index (κ1) is 20.0. The number of sulfone groups is 1. The van der Waals surface area contributed by atoms with E-state index < -0.39 is 15.1 Å². The molecule has 0 radical (unpaired) electrons. The molecule has 4 rings (SSSR count). The molecule has 4 heterocycles. The van der Waals surface area contributed by atoms with Crippen molar-refractivity contribution in [1.29, 1.82) is 0 Å². The zero-order chi connectivity index (χ0) is 20.4. The molecule has 2 atom stereocenters. The van der Waals surface area contributed by atoms with Gasteiger partial charge in [0.25, 0.3) is 0 Å². The molecule has 154 valence electrons. The van der Waals surface area contributed by atoms with E-state index in [0.717, 1.165) is 16.8 Å². The molecule has 2 aliphatic heterocycles. The lowest BCUT2D eigenvalue weighted by Crippen LogP contribution is -2.19. The molecular formula is C21H23NO6S. The van der Waals surface area contributed by atoms with Gasteiger partial charge in [0.2, 0.25) is 0 Å². The van der Waals surface area contributed by atoms with Gasteiger partial charge in [0.1, 0.15) is 23.4 Å². The van der Waals surface area contributed by atoms with Crippen LogP contribution in [-0.4, -0.2) is 53.9 Å². The first-order valence-corrected chi connectivity index (χ1v) is 11.2. The van der Waals surface area contributed by atoms with Crippen LogP contribution in [0.4, 0.5) is 0 Å². The average molecular weight is 417 g/mol. The summed E-state index contributed by atoms with van der Waals surface area (Å²) in [5.41, 5.74) is 3.01. The van der Waals surface area contributed by atoms with Gasteiger partial charge in [0.05, 0.1) is 30.8 Å². The zero-order valence-electron chi connectivity index (χ0n) is 15.8. The van der Waals surface area contributed by atoms with Gasteiger partial charge < -0.3 is 19.4 Å². The Hall–Kier alpha value is -2.26. The van der Waals surface area contributed by atoms with Crippen molar-refractivity contribution < 1.29 is 27.8 Å². The van der Waals surface area contributed by atoms with E-state index >= 15 is 0 Å². The summed E-state index contributed by atoms with van der Waals surface area (Å²) in [5.74, 6) is 1.01. The van der Waals surface area contributed by atoms with Crippen LogP contribution in [0.5, 0.6) is 0 Å². The van der Waals surface area contributed by atoms with Gasteiger partial charge in [-0.3, -0.25) is 4.98 Å². The zero-order valence-corrected chi connectivity index (χ0v) is 16.6. The number of hydrogen-bond donors (Lipinski definition) is 2. The van der Waals surface area contributed by atoms with Crippen molar-refractivity contribution in [3.05, 3.63) is 64.9 Å². The highest BCUT2D eigenvalue weighted by Gasteiger charge is 2.46. The van der Waals surface area contributed by atoms with E-state index in [0.29, 0.717) is 29.9 Å². The Kier molecular flexibility index (Phi) is 5.69. The summed E-state index contributed by atoms with van der Waals surface area (Å²) in [6, 6.07) is 9.14. The summed E-state index contributed by atoms with van der Waals surface area (Å²) in [5, 5.41) is 18.2. The minimum atomic E-state index is -3.28. The Morgan fingerprint density at radius 2 is 2.07 bits per heavy atom. The van der Waals surface area contributed by atoms with Crippen molar-refractivity contribution in [2.45, 2.75) is 30.8 Å². The summed E-state index contributed by atoms with van der Waals surface area (Å²) in [7, 11) is -3.28. The third-order valence-electron chi connectivity index (χ3n) is 5.38. The third-order valence-corrected chi connectivity index (χ3v) is 7.38. The SMILES string of the molecule is O=S1(=O)CC(CO)=C2[C@@H](CC/C(=C/c3ccc(CO)o3)c3ccccn3)OC[C@@H]21. The largest absolute Gasteiger partial charge is 0.459 e. The smallest absolute Gasteiger partial charge is 0.163 e. The molecule has 1 saturated heterocycles. The fourth-order valence-corrected chi connectivity index (χ4v) is 5.92. The van der Waals surface area contributed by atoms with E-state index in [2.05, 4.69) is 4.98 Å². The number of aromatic nitrogens is 1. The monoisotopic (exact) mass is 417 g/mol.